The van der Waals surface area contributed by atoms with Gasteiger partial charge in [-0.05, 0) is 12.5 Å². The molecule has 0 unspecified atom stereocenters. The van der Waals surface area contributed by atoms with Crippen molar-refractivity contribution in [2.45, 2.75) is 13.3 Å². The lowest BCUT2D eigenvalue weighted by atomic mass is 9.79. The third-order valence-electron chi connectivity index (χ3n) is 1.84. The predicted octanol–water partition coefficient (Wildman–Crippen LogP) is -0.263. The maximum Gasteiger partial charge on any atom is 0.490 e. The van der Waals surface area contributed by atoms with Crippen molar-refractivity contribution < 1.29 is 14.8 Å². The molecule has 0 aromatic heterocycles. The van der Waals surface area contributed by atoms with Crippen LogP contribution in [0.25, 0.3) is 0 Å². The molecule has 1 rings (SSSR count). The molecule has 1 aromatic rings. The fourth-order valence-corrected chi connectivity index (χ4v) is 1.12. The first-order valence-corrected chi connectivity index (χ1v) is 4.54. The summed E-state index contributed by atoms with van der Waals surface area (Å²) in [6.07, 6.45) is 0.880. The minimum Gasteiger partial charge on any atom is -0.491 e. The second kappa shape index (κ2) is 4.88. The maximum absolute atomic E-state index is 8.97. The molecular formula is C9H14BNO3. The zero-order valence-electron chi connectivity index (χ0n) is 8.10. The first kappa shape index (κ1) is 10.9. The van der Waals surface area contributed by atoms with Gasteiger partial charge in [0, 0.05) is 5.46 Å². The summed E-state index contributed by atoms with van der Waals surface area (Å²) in [7, 11) is -1.56. The number of rotatable bonds is 4. The zero-order chi connectivity index (χ0) is 10.6. The van der Waals surface area contributed by atoms with Crippen molar-refractivity contribution in [3.8, 4) is 5.75 Å². The van der Waals surface area contributed by atoms with Gasteiger partial charge in [0.15, 0.2) is 0 Å². The molecule has 4 nitrogen and oxygen atoms in total. The van der Waals surface area contributed by atoms with Crippen LogP contribution in [0.4, 0.5) is 5.69 Å². The normalized spacial score (nSPS) is 9.93. The Morgan fingerprint density at radius 3 is 2.71 bits per heavy atom. The van der Waals surface area contributed by atoms with Gasteiger partial charge in [0.1, 0.15) is 5.75 Å². The monoisotopic (exact) mass is 195 g/mol. The van der Waals surface area contributed by atoms with E-state index in [-0.39, 0.29) is 11.2 Å². The van der Waals surface area contributed by atoms with Crippen molar-refractivity contribution in [2.24, 2.45) is 0 Å². The number of hydrogen-bond donors (Lipinski definition) is 3. The summed E-state index contributed by atoms with van der Waals surface area (Å²) in [5.74, 6) is 0.498. The van der Waals surface area contributed by atoms with E-state index in [0.29, 0.717) is 12.4 Å². The van der Waals surface area contributed by atoms with Gasteiger partial charge in [-0.2, -0.15) is 0 Å². The molecule has 76 valence electrons. The predicted molar refractivity (Wildman–Crippen MR) is 56.5 cm³/mol. The lowest BCUT2D eigenvalue weighted by molar-refractivity contribution is 0.319. The van der Waals surface area contributed by atoms with Crippen molar-refractivity contribution in [3.05, 3.63) is 18.2 Å². The summed E-state index contributed by atoms with van der Waals surface area (Å²) < 4.78 is 5.33. The Bertz CT molecular complexity index is 304. The second-order valence-corrected chi connectivity index (χ2v) is 2.98. The van der Waals surface area contributed by atoms with E-state index >= 15 is 0 Å². The third kappa shape index (κ3) is 2.40. The molecule has 0 aliphatic rings. The Labute approximate surface area is 83.5 Å². The number of benzene rings is 1. The third-order valence-corrected chi connectivity index (χ3v) is 1.84. The number of para-hydroxylation sites is 1. The highest BCUT2D eigenvalue weighted by Gasteiger charge is 2.16. The van der Waals surface area contributed by atoms with Crippen LogP contribution in [0.1, 0.15) is 13.3 Å². The fourth-order valence-electron chi connectivity index (χ4n) is 1.12. The van der Waals surface area contributed by atoms with Gasteiger partial charge in [0.2, 0.25) is 0 Å². The van der Waals surface area contributed by atoms with Gasteiger partial charge in [-0.3, -0.25) is 0 Å². The number of hydrogen-bond acceptors (Lipinski definition) is 4. The molecule has 0 saturated carbocycles. The van der Waals surface area contributed by atoms with E-state index in [9.17, 15) is 0 Å². The quantitative estimate of drug-likeness (QED) is 0.456. The van der Waals surface area contributed by atoms with E-state index in [1.165, 1.54) is 0 Å². The topological polar surface area (TPSA) is 75.7 Å². The number of ether oxygens (including phenoxy) is 1. The molecular weight excluding hydrogens is 181 g/mol. The average Bonchev–Trinajstić information content (AvgIpc) is 2.16. The van der Waals surface area contributed by atoms with Gasteiger partial charge < -0.3 is 20.5 Å². The molecule has 4 N–H and O–H groups in total. The van der Waals surface area contributed by atoms with Crippen LogP contribution in [0.5, 0.6) is 5.75 Å². The van der Waals surface area contributed by atoms with Crippen LogP contribution in [0, 0.1) is 0 Å². The standard InChI is InChI=1S/C9H14BNO3/c1-2-6-14-8-5-3-4-7(9(8)11)10(12)13/h3-5,12-13H,2,6,11H2,1H3. The summed E-state index contributed by atoms with van der Waals surface area (Å²) >= 11 is 0. The molecule has 0 spiro atoms. The van der Waals surface area contributed by atoms with Gasteiger partial charge >= 0.3 is 7.12 Å². The average molecular weight is 195 g/mol. The van der Waals surface area contributed by atoms with Gasteiger partial charge in [-0.1, -0.05) is 19.1 Å². The lowest BCUT2D eigenvalue weighted by Crippen LogP contribution is -2.32. The highest BCUT2D eigenvalue weighted by atomic mass is 16.5. The van der Waals surface area contributed by atoms with Crippen molar-refractivity contribution in [2.75, 3.05) is 12.3 Å². The van der Waals surface area contributed by atoms with E-state index in [2.05, 4.69) is 0 Å². The lowest BCUT2D eigenvalue weighted by Gasteiger charge is -2.10. The largest absolute Gasteiger partial charge is 0.491 e. The SMILES string of the molecule is CCCOc1cccc(B(O)O)c1N. The molecule has 0 aliphatic heterocycles. The van der Waals surface area contributed by atoms with E-state index in [1.54, 1.807) is 18.2 Å². The van der Waals surface area contributed by atoms with Crippen LogP contribution in [-0.2, 0) is 0 Å². The molecule has 1 aromatic carbocycles. The van der Waals surface area contributed by atoms with Crippen LogP contribution >= 0.6 is 0 Å². The Kier molecular flexibility index (Phi) is 3.79. The Hall–Kier alpha value is -1.20. The van der Waals surface area contributed by atoms with Crippen molar-refractivity contribution in [1.29, 1.82) is 0 Å². The second-order valence-electron chi connectivity index (χ2n) is 2.98. The first-order chi connectivity index (χ1) is 6.66. The summed E-state index contributed by atoms with van der Waals surface area (Å²) in [6, 6.07) is 4.94. The van der Waals surface area contributed by atoms with Gasteiger partial charge in [-0.25, -0.2) is 0 Å². The van der Waals surface area contributed by atoms with Crippen molar-refractivity contribution in [1.82, 2.24) is 0 Å². The number of anilines is 1. The maximum atomic E-state index is 8.97. The Balaban J connectivity index is 2.89. The molecule has 0 atom stereocenters. The smallest absolute Gasteiger partial charge is 0.490 e. The Morgan fingerprint density at radius 2 is 2.14 bits per heavy atom. The molecule has 0 heterocycles. The van der Waals surface area contributed by atoms with E-state index in [1.807, 2.05) is 6.92 Å². The van der Waals surface area contributed by atoms with Crippen LogP contribution in [0.3, 0.4) is 0 Å². The molecule has 0 saturated heterocycles. The van der Waals surface area contributed by atoms with Crippen LogP contribution < -0.4 is 15.9 Å². The molecule has 0 radical (unpaired) electrons. The minimum absolute atomic E-state index is 0.276. The van der Waals surface area contributed by atoms with Crippen molar-refractivity contribution >= 4 is 18.3 Å². The summed E-state index contributed by atoms with van der Waals surface area (Å²) in [5, 5.41) is 17.9. The van der Waals surface area contributed by atoms with Gasteiger partial charge in [0.05, 0.1) is 12.3 Å². The molecule has 0 bridgehead atoms. The molecule has 14 heavy (non-hydrogen) atoms. The molecule has 5 heteroatoms. The summed E-state index contributed by atoms with van der Waals surface area (Å²) in [4.78, 5) is 0. The number of nitrogens with two attached hydrogens (primary N) is 1. The van der Waals surface area contributed by atoms with E-state index in [4.69, 9.17) is 20.5 Å². The highest BCUT2D eigenvalue weighted by Crippen LogP contribution is 2.18. The molecule has 0 fully saturated rings. The van der Waals surface area contributed by atoms with Gasteiger partial charge in [-0.15, -0.1) is 0 Å². The van der Waals surface area contributed by atoms with Crippen molar-refractivity contribution in [3.63, 3.8) is 0 Å². The van der Waals surface area contributed by atoms with Crippen LogP contribution in [0.15, 0.2) is 18.2 Å². The summed E-state index contributed by atoms with van der Waals surface area (Å²) in [5.41, 5.74) is 6.24. The molecule has 0 aliphatic carbocycles. The van der Waals surface area contributed by atoms with E-state index in [0.717, 1.165) is 6.42 Å². The highest BCUT2D eigenvalue weighted by molar-refractivity contribution is 6.60. The van der Waals surface area contributed by atoms with Gasteiger partial charge in [0.25, 0.3) is 0 Å². The fraction of sp³-hybridized carbons (Fsp3) is 0.333. The van der Waals surface area contributed by atoms with Crippen LogP contribution in [0.2, 0.25) is 0 Å². The Morgan fingerprint density at radius 1 is 1.43 bits per heavy atom. The zero-order valence-corrected chi connectivity index (χ0v) is 8.10. The van der Waals surface area contributed by atoms with E-state index < -0.39 is 7.12 Å². The number of nitrogen functional groups attached to an aromatic ring is 1. The minimum atomic E-state index is -1.56. The summed E-state index contributed by atoms with van der Waals surface area (Å²) in [6.45, 7) is 2.55. The van der Waals surface area contributed by atoms with Crippen LogP contribution in [-0.4, -0.2) is 23.8 Å². The first-order valence-electron chi connectivity index (χ1n) is 4.54. The molecule has 0 amide bonds.